The molecule has 0 bridgehead atoms. The van der Waals surface area contributed by atoms with Gasteiger partial charge >= 0.3 is 0 Å². The fourth-order valence-electron chi connectivity index (χ4n) is 3.86. The van der Waals surface area contributed by atoms with Gasteiger partial charge in [0.15, 0.2) is 12.4 Å². The Morgan fingerprint density at radius 3 is 2.64 bits per heavy atom. The first-order valence-corrected chi connectivity index (χ1v) is 9.07. The summed E-state index contributed by atoms with van der Waals surface area (Å²) in [5, 5.41) is 0. The van der Waals surface area contributed by atoms with Crippen molar-refractivity contribution >= 4 is 11.7 Å². The van der Waals surface area contributed by atoms with Crippen molar-refractivity contribution in [2.24, 2.45) is 0 Å². The number of ketones is 1. The van der Waals surface area contributed by atoms with E-state index in [1.165, 1.54) is 6.42 Å². The Kier molecular flexibility index (Phi) is 4.76. The van der Waals surface area contributed by atoms with Crippen LogP contribution in [0.5, 0.6) is 11.5 Å². The van der Waals surface area contributed by atoms with Crippen LogP contribution >= 0.6 is 0 Å². The number of amides is 1. The lowest BCUT2D eigenvalue weighted by Gasteiger charge is -2.39. The van der Waals surface area contributed by atoms with E-state index in [1.807, 2.05) is 18.7 Å². The molecule has 1 saturated heterocycles. The third kappa shape index (κ3) is 3.80. The molecule has 136 valence electrons. The first kappa shape index (κ1) is 17.8. The first-order valence-electron chi connectivity index (χ1n) is 9.07. The Labute approximate surface area is 149 Å². The number of rotatable bonds is 3. The minimum atomic E-state index is -0.517. The summed E-state index contributed by atoms with van der Waals surface area (Å²) in [5.74, 6) is 1.17. The molecule has 0 saturated carbocycles. The number of nitrogens with zero attached hydrogens (tertiary/aromatic N) is 1. The van der Waals surface area contributed by atoms with Crippen LogP contribution < -0.4 is 9.47 Å². The van der Waals surface area contributed by atoms with Gasteiger partial charge in [-0.2, -0.15) is 0 Å². The number of fused-ring (bicyclic) bond motifs is 1. The van der Waals surface area contributed by atoms with Gasteiger partial charge in [0.05, 0.1) is 12.0 Å². The third-order valence-corrected chi connectivity index (χ3v) is 5.07. The van der Waals surface area contributed by atoms with Gasteiger partial charge in [-0.3, -0.25) is 9.59 Å². The molecule has 25 heavy (non-hydrogen) atoms. The summed E-state index contributed by atoms with van der Waals surface area (Å²) in [7, 11) is 0. The molecule has 5 heteroatoms. The van der Waals surface area contributed by atoms with Crippen molar-refractivity contribution < 1.29 is 19.1 Å². The Morgan fingerprint density at radius 1 is 1.28 bits per heavy atom. The molecular formula is C20H27NO4. The number of carbonyl (C=O) groups excluding carboxylic acids is 2. The molecule has 1 amide bonds. The van der Waals surface area contributed by atoms with Crippen molar-refractivity contribution in [1.82, 2.24) is 4.90 Å². The van der Waals surface area contributed by atoms with Gasteiger partial charge < -0.3 is 14.4 Å². The molecule has 0 N–H and O–H groups in total. The summed E-state index contributed by atoms with van der Waals surface area (Å²) in [6, 6.07) is 5.67. The van der Waals surface area contributed by atoms with Crippen molar-refractivity contribution in [2.45, 2.75) is 71.1 Å². The Balaban J connectivity index is 1.68. The van der Waals surface area contributed by atoms with Crippen LogP contribution in [-0.2, 0) is 4.79 Å². The van der Waals surface area contributed by atoms with E-state index >= 15 is 0 Å². The lowest BCUT2D eigenvalue weighted by atomic mass is 9.93. The summed E-state index contributed by atoms with van der Waals surface area (Å²) < 4.78 is 11.6. The maximum Gasteiger partial charge on any atom is 0.260 e. The van der Waals surface area contributed by atoms with E-state index in [0.717, 1.165) is 12.8 Å². The van der Waals surface area contributed by atoms with E-state index in [0.29, 0.717) is 23.5 Å². The smallest absolute Gasteiger partial charge is 0.260 e. The highest BCUT2D eigenvalue weighted by Gasteiger charge is 2.33. The second-order valence-electron chi connectivity index (χ2n) is 7.84. The molecule has 2 heterocycles. The number of likely N-dealkylation sites (tertiary alicyclic amines) is 1. The molecule has 0 radical (unpaired) electrons. The summed E-state index contributed by atoms with van der Waals surface area (Å²) in [6.07, 6.45) is 3.61. The fraction of sp³-hybridized carbons (Fsp3) is 0.600. The molecule has 0 spiro atoms. The summed E-state index contributed by atoms with van der Waals surface area (Å²) in [4.78, 5) is 26.7. The largest absolute Gasteiger partial charge is 0.486 e. The molecule has 2 atom stereocenters. The summed E-state index contributed by atoms with van der Waals surface area (Å²) in [5.41, 5.74) is 0.0632. The van der Waals surface area contributed by atoms with Gasteiger partial charge in [-0.1, -0.05) is 0 Å². The second-order valence-corrected chi connectivity index (χ2v) is 7.84. The van der Waals surface area contributed by atoms with Crippen LogP contribution in [-0.4, -0.2) is 40.9 Å². The number of hydrogen-bond donors (Lipinski definition) is 0. The van der Waals surface area contributed by atoms with E-state index in [1.54, 1.807) is 18.2 Å². The lowest BCUT2D eigenvalue weighted by Crippen LogP contribution is -2.49. The molecule has 2 aliphatic heterocycles. The van der Waals surface area contributed by atoms with Crippen molar-refractivity contribution in [3.8, 4) is 11.5 Å². The van der Waals surface area contributed by atoms with Crippen LogP contribution in [0.25, 0.3) is 0 Å². The van der Waals surface area contributed by atoms with Crippen molar-refractivity contribution in [3.05, 3.63) is 23.8 Å². The highest BCUT2D eigenvalue weighted by molar-refractivity contribution is 6.00. The highest BCUT2D eigenvalue weighted by Crippen LogP contribution is 2.35. The van der Waals surface area contributed by atoms with Crippen LogP contribution in [0.2, 0.25) is 0 Å². The van der Waals surface area contributed by atoms with Gasteiger partial charge in [-0.25, -0.2) is 0 Å². The average Bonchev–Trinajstić information content (AvgIpc) is 2.51. The lowest BCUT2D eigenvalue weighted by molar-refractivity contribution is -0.139. The van der Waals surface area contributed by atoms with E-state index < -0.39 is 5.60 Å². The second kappa shape index (κ2) is 6.70. The van der Waals surface area contributed by atoms with E-state index in [9.17, 15) is 9.59 Å². The quantitative estimate of drug-likeness (QED) is 0.840. The maximum absolute atomic E-state index is 12.6. The predicted molar refractivity (Wildman–Crippen MR) is 95.2 cm³/mol. The van der Waals surface area contributed by atoms with Crippen LogP contribution in [0, 0.1) is 0 Å². The SMILES string of the molecule is CC1CCCC(C)N1C(=O)COc1ccc2c(c1)OC(C)(C)CC2=O. The molecule has 0 aromatic heterocycles. The molecule has 2 aliphatic rings. The molecule has 5 nitrogen and oxygen atoms in total. The number of ether oxygens (including phenoxy) is 2. The summed E-state index contributed by atoms with van der Waals surface area (Å²) in [6.45, 7) is 7.97. The number of benzene rings is 1. The first-order chi connectivity index (χ1) is 11.8. The van der Waals surface area contributed by atoms with E-state index in [2.05, 4.69) is 13.8 Å². The average molecular weight is 345 g/mol. The zero-order valence-corrected chi connectivity index (χ0v) is 15.5. The monoisotopic (exact) mass is 345 g/mol. The standard InChI is InChI=1S/C20H27NO4/c1-13-6-5-7-14(2)21(13)19(23)12-24-15-8-9-16-17(22)11-20(3,4)25-18(16)10-15/h8-10,13-14H,5-7,11-12H2,1-4H3. The molecular weight excluding hydrogens is 318 g/mol. The van der Waals surface area contributed by atoms with Gasteiger partial charge in [0, 0.05) is 18.2 Å². The van der Waals surface area contributed by atoms with Crippen molar-refractivity contribution in [1.29, 1.82) is 0 Å². The predicted octanol–water partition coefficient (Wildman–Crippen LogP) is 3.60. The number of hydrogen-bond acceptors (Lipinski definition) is 4. The van der Waals surface area contributed by atoms with Gasteiger partial charge in [0.25, 0.3) is 5.91 Å². The zero-order chi connectivity index (χ0) is 18.2. The summed E-state index contributed by atoms with van der Waals surface area (Å²) >= 11 is 0. The molecule has 2 unspecified atom stereocenters. The van der Waals surface area contributed by atoms with Crippen LogP contribution in [0.4, 0.5) is 0 Å². The normalized spacial score (nSPS) is 25.1. The Bertz CT molecular complexity index is 672. The Hall–Kier alpha value is -2.04. The van der Waals surface area contributed by atoms with Crippen LogP contribution in [0.15, 0.2) is 18.2 Å². The maximum atomic E-state index is 12.6. The molecule has 1 fully saturated rings. The van der Waals surface area contributed by atoms with E-state index in [-0.39, 0.29) is 30.4 Å². The van der Waals surface area contributed by atoms with Gasteiger partial charge in [-0.05, 0) is 59.1 Å². The van der Waals surface area contributed by atoms with Crippen LogP contribution in [0.3, 0.4) is 0 Å². The van der Waals surface area contributed by atoms with Gasteiger partial charge in [0.2, 0.25) is 0 Å². The number of piperidine rings is 1. The highest BCUT2D eigenvalue weighted by atomic mass is 16.5. The zero-order valence-electron chi connectivity index (χ0n) is 15.5. The topological polar surface area (TPSA) is 55.8 Å². The van der Waals surface area contributed by atoms with Gasteiger partial charge in [-0.15, -0.1) is 0 Å². The fourth-order valence-corrected chi connectivity index (χ4v) is 3.86. The molecule has 1 aromatic rings. The van der Waals surface area contributed by atoms with Crippen molar-refractivity contribution in [2.75, 3.05) is 6.61 Å². The van der Waals surface area contributed by atoms with Crippen molar-refractivity contribution in [3.63, 3.8) is 0 Å². The minimum Gasteiger partial charge on any atom is -0.486 e. The molecule has 1 aromatic carbocycles. The number of carbonyl (C=O) groups is 2. The number of Topliss-reactive ketones (excluding diaryl/α,β-unsaturated/α-hetero) is 1. The van der Waals surface area contributed by atoms with E-state index in [4.69, 9.17) is 9.47 Å². The van der Waals surface area contributed by atoms with Gasteiger partial charge in [0.1, 0.15) is 17.1 Å². The molecule has 3 rings (SSSR count). The molecule has 0 aliphatic carbocycles. The Morgan fingerprint density at radius 2 is 1.96 bits per heavy atom. The van der Waals surface area contributed by atoms with Crippen LogP contribution in [0.1, 0.15) is 63.7 Å². The third-order valence-electron chi connectivity index (χ3n) is 5.07. The minimum absolute atomic E-state index is 0.00477.